The fourth-order valence-corrected chi connectivity index (χ4v) is 1.91. The highest BCUT2D eigenvalue weighted by Crippen LogP contribution is 2.15. The van der Waals surface area contributed by atoms with E-state index in [1.54, 1.807) is 23.9 Å². The summed E-state index contributed by atoms with van der Waals surface area (Å²) in [5.41, 5.74) is 0.285. The summed E-state index contributed by atoms with van der Waals surface area (Å²) in [6.07, 6.45) is 3.73. The fourth-order valence-electron chi connectivity index (χ4n) is 1.91. The third-order valence-corrected chi connectivity index (χ3v) is 3.03. The van der Waals surface area contributed by atoms with Crippen LogP contribution < -0.4 is 0 Å². The van der Waals surface area contributed by atoms with Crippen molar-refractivity contribution in [2.75, 3.05) is 0 Å². The predicted octanol–water partition coefficient (Wildman–Crippen LogP) is 2.29. The van der Waals surface area contributed by atoms with Crippen molar-refractivity contribution in [3.63, 3.8) is 0 Å². The Hall–Kier alpha value is -2.18. The molecular weight excluding hydrogens is 260 g/mol. The first-order valence-electron chi connectivity index (χ1n) is 6.65. The maximum atomic E-state index is 11.8. The second-order valence-corrected chi connectivity index (χ2v) is 4.46. The lowest BCUT2D eigenvalue weighted by atomic mass is 10.2. The Morgan fingerprint density at radius 3 is 2.80 bits per heavy atom. The highest BCUT2D eigenvalue weighted by molar-refractivity contribution is 5.86. The van der Waals surface area contributed by atoms with Crippen LogP contribution in [0.3, 0.4) is 0 Å². The molecule has 0 aliphatic rings. The van der Waals surface area contributed by atoms with E-state index in [1.165, 1.54) is 0 Å². The van der Waals surface area contributed by atoms with E-state index in [2.05, 4.69) is 29.1 Å². The van der Waals surface area contributed by atoms with E-state index in [0.29, 0.717) is 11.9 Å². The lowest BCUT2D eigenvalue weighted by molar-refractivity contribution is 0.0421. The van der Waals surface area contributed by atoms with Gasteiger partial charge in [0.05, 0.1) is 6.04 Å². The molecule has 0 radical (unpaired) electrons. The molecule has 0 aliphatic heterocycles. The van der Waals surface area contributed by atoms with Gasteiger partial charge in [0.25, 0.3) is 5.89 Å². The van der Waals surface area contributed by atoms with Crippen LogP contribution in [0.4, 0.5) is 0 Å². The average Bonchev–Trinajstić information content (AvgIpc) is 3.07. The van der Waals surface area contributed by atoms with Gasteiger partial charge >= 0.3 is 5.97 Å². The largest absolute Gasteiger partial charge is 0.451 e. The molecule has 108 valence electrons. The third-order valence-electron chi connectivity index (χ3n) is 3.03. The van der Waals surface area contributed by atoms with Crippen molar-refractivity contribution in [2.24, 2.45) is 0 Å². The van der Waals surface area contributed by atoms with Crippen molar-refractivity contribution in [1.82, 2.24) is 19.9 Å². The van der Waals surface area contributed by atoms with Gasteiger partial charge in [-0.25, -0.2) is 4.79 Å². The Morgan fingerprint density at radius 1 is 1.45 bits per heavy atom. The number of nitrogens with zero attached hydrogens (tertiary/aromatic N) is 4. The van der Waals surface area contributed by atoms with E-state index in [1.807, 2.05) is 0 Å². The summed E-state index contributed by atoms with van der Waals surface area (Å²) in [7, 11) is 0. The first-order valence-corrected chi connectivity index (χ1v) is 6.65. The molecule has 7 nitrogen and oxygen atoms in total. The molecule has 0 atom stereocenters. The Labute approximate surface area is 116 Å². The molecule has 2 aromatic rings. The Balaban J connectivity index is 1.95. The zero-order chi connectivity index (χ0) is 14.5. The summed E-state index contributed by atoms with van der Waals surface area (Å²) >= 11 is 0. The lowest BCUT2D eigenvalue weighted by Gasteiger charge is -2.12. The van der Waals surface area contributed by atoms with Crippen LogP contribution in [0, 0.1) is 6.92 Å². The molecule has 2 rings (SSSR count). The maximum Gasteiger partial charge on any atom is 0.359 e. The quantitative estimate of drug-likeness (QED) is 0.754. The molecule has 7 heteroatoms. The van der Waals surface area contributed by atoms with Crippen molar-refractivity contribution < 1.29 is 14.1 Å². The van der Waals surface area contributed by atoms with Crippen molar-refractivity contribution in [3.05, 3.63) is 29.7 Å². The average molecular weight is 278 g/mol. The number of carbonyl (C=O) groups is 1. The molecule has 0 N–H and O–H groups in total. The second-order valence-electron chi connectivity index (χ2n) is 4.46. The summed E-state index contributed by atoms with van der Waals surface area (Å²) < 4.78 is 11.7. The summed E-state index contributed by atoms with van der Waals surface area (Å²) in [5, 5.41) is 7.86. The van der Waals surface area contributed by atoms with E-state index in [4.69, 9.17) is 9.26 Å². The van der Waals surface area contributed by atoms with Gasteiger partial charge in [0.1, 0.15) is 0 Å². The number of aryl methyl sites for hydroxylation is 1. The van der Waals surface area contributed by atoms with Crippen molar-refractivity contribution >= 4 is 5.97 Å². The minimum absolute atomic E-state index is 0.0441. The van der Waals surface area contributed by atoms with E-state index in [-0.39, 0.29) is 18.2 Å². The summed E-state index contributed by atoms with van der Waals surface area (Å²) in [6.45, 7) is 5.83. The molecule has 0 saturated heterocycles. The second kappa shape index (κ2) is 6.31. The minimum Gasteiger partial charge on any atom is -0.451 e. The molecule has 20 heavy (non-hydrogen) atoms. The van der Waals surface area contributed by atoms with Crippen LogP contribution in [0.25, 0.3) is 0 Å². The van der Waals surface area contributed by atoms with E-state index < -0.39 is 5.97 Å². The highest BCUT2D eigenvalue weighted by atomic mass is 16.6. The van der Waals surface area contributed by atoms with Gasteiger partial charge < -0.3 is 9.26 Å². The van der Waals surface area contributed by atoms with Gasteiger partial charge in [0.15, 0.2) is 18.1 Å². The van der Waals surface area contributed by atoms with Crippen molar-refractivity contribution in [2.45, 2.75) is 46.3 Å². The van der Waals surface area contributed by atoms with Crippen LogP contribution in [0.15, 0.2) is 16.8 Å². The monoisotopic (exact) mass is 278 g/mol. The number of ether oxygens (including phenoxy) is 1. The van der Waals surface area contributed by atoms with Gasteiger partial charge in [-0.2, -0.15) is 10.1 Å². The molecule has 0 fully saturated rings. The Bertz CT molecular complexity index is 572. The highest BCUT2D eigenvalue weighted by Gasteiger charge is 2.15. The van der Waals surface area contributed by atoms with E-state index in [0.717, 1.165) is 12.8 Å². The number of esters is 1. The van der Waals surface area contributed by atoms with Gasteiger partial charge in [0.2, 0.25) is 0 Å². The molecule has 0 unspecified atom stereocenters. The van der Waals surface area contributed by atoms with Gasteiger partial charge in [-0.15, -0.1) is 0 Å². The number of carbonyl (C=O) groups excluding carboxylic acids is 1. The Morgan fingerprint density at radius 2 is 2.20 bits per heavy atom. The van der Waals surface area contributed by atoms with Crippen LogP contribution >= 0.6 is 0 Å². The molecular formula is C13H18N4O3. The molecule has 0 bridgehead atoms. The van der Waals surface area contributed by atoms with Crippen molar-refractivity contribution in [1.29, 1.82) is 0 Å². The van der Waals surface area contributed by atoms with Crippen LogP contribution in [0.2, 0.25) is 0 Å². The first kappa shape index (κ1) is 14.2. The molecule has 0 aromatic carbocycles. The predicted molar refractivity (Wildman–Crippen MR) is 70.0 cm³/mol. The number of hydrogen-bond donors (Lipinski definition) is 0. The fraction of sp³-hybridized carbons (Fsp3) is 0.538. The summed E-state index contributed by atoms with van der Waals surface area (Å²) in [4.78, 5) is 15.8. The summed E-state index contributed by atoms with van der Waals surface area (Å²) in [6, 6.07) is 1.95. The molecule has 2 aromatic heterocycles. The van der Waals surface area contributed by atoms with Gasteiger partial charge in [-0.05, 0) is 25.8 Å². The van der Waals surface area contributed by atoms with E-state index in [9.17, 15) is 4.79 Å². The number of rotatable bonds is 6. The zero-order valence-corrected chi connectivity index (χ0v) is 11.9. The smallest absolute Gasteiger partial charge is 0.359 e. The maximum absolute atomic E-state index is 11.8. The van der Waals surface area contributed by atoms with Gasteiger partial charge in [0, 0.05) is 6.20 Å². The number of hydrogen-bond acceptors (Lipinski definition) is 6. The first-order chi connectivity index (χ1) is 9.63. The molecule has 0 aliphatic carbocycles. The minimum atomic E-state index is -0.495. The molecule has 0 amide bonds. The Kier molecular flexibility index (Phi) is 4.49. The van der Waals surface area contributed by atoms with Crippen LogP contribution in [0.1, 0.15) is 54.9 Å². The molecule has 0 saturated carbocycles. The van der Waals surface area contributed by atoms with Crippen LogP contribution in [-0.4, -0.2) is 25.9 Å². The topological polar surface area (TPSA) is 83.0 Å². The van der Waals surface area contributed by atoms with Crippen LogP contribution in [-0.2, 0) is 11.3 Å². The SMILES string of the molecule is CCC(CC)n1ccc(C(=O)OCc2nc(C)no2)n1. The molecule has 0 spiro atoms. The standard InChI is InChI=1S/C13H18N4O3/c1-4-10(5-2)17-7-6-11(15-17)13(18)19-8-12-14-9(3)16-20-12/h6-7,10H,4-5,8H2,1-3H3. The van der Waals surface area contributed by atoms with Crippen LogP contribution in [0.5, 0.6) is 0 Å². The van der Waals surface area contributed by atoms with Gasteiger partial charge in [-0.3, -0.25) is 4.68 Å². The molecule has 2 heterocycles. The lowest BCUT2D eigenvalue weighted by Crippen LogP contribution is -2.11. The zero-order valence-electron chi connectivity index (χ0n) is 11.9. The van der Waals surface area contributed by atoms with Gasteiger partial charge in [-0.1, -0.05) is 19.0 Å². The third kappa shape index (κ3) is 3.23. The number of aromatic nitrogens is 4. The normalized spacial score (nSPS) is 11.0. The van der Waals surface area contributed by atoms with E-state index >= 15 is 0 Å². The summed E-state index contributed by atoms with van der Waals surface area (Å²) in [5.74, 6) is 0.287. The van der Waals surface area contributed by atoms with Crippen molar-refractivity contribution in [3.8, 4) is 0 Å².